The first-order chi connectivity index (χ1) is 5.36. The van der Waals surface area contributed by atoms with Gasteiger partial charge < -0.3 is 0 Å². The van der Waals surface area contributed by atoms with Gasteiger partial charge in [-0.3, -0.25) is 9.97 Å². The first-order valence-electron chi connectivity index (χ1n) is 3.85. The maximum atomic E-state index is 4.36. The number of hydrogen-bond donors (Lipinski definition) is 0. The zero-order valence-electron chi connectivity index (χ0n) is 6.54. The van der Waals surface area contributed by atoms with Crippen LogP contribution in [0.5, 0.6) is 0 Å². The summed E-state index contributed by atoms with van der Waals surface area (Å²) < 4.78 is 0. The molecular formula is C9H10N2. The summed E-state index contributed by atoms with van der Waals surface area (Å²) in [6.45, 7) is 1.97. The van der Waals surface area contributed by atoms with Crippen molar-refractivity contribution in [3.8, 4) is 0 Å². The summed E-state index contributed by atoms with van der Waals surface area (Å²) in [5, 5.41) is 0. The lowest BCUT2D eigenvalue weighted by atomic mass is 10.1. The molecular weight excluding hydrogens is 136 g/mol. The van der Waals surface area contributed by atoms with E-state index in [1.54, 1.807) is 0 Å². The Kier molecular flexibility index (Phi) is 1.46. The summed E-state index contributed by atoms with van der Waals surface area (Å²) in [6, 6.07) is 0. The molecule has 1 aromatic heterocycles. The molecule has 1 aromatic rings. The van der Waals surface area contributed by atoms with Crippen molar-refractivity contribution in [2.24, 2.45) is 0 Å². The predicted molar refractivity (Wildman–Crippen MR) is 44.1 cm³/mol. The third-order valence-electron chi connectivity index (χ3n) is 1.82. The predicted octanol–water partition coefficient (Wildman–Crippen LogP) is 1.74. The van der Waals surface area contributed by atoms with Crippen LogP contribution in [0.25, 0.3) is 6.08 Å². The largest absolute Gasteiger partial charge is 0.257 e. The van der Waals surface area contributed by atoms with Crippen LogP contribution in [0.2, 0.25) is 0 Å². The van der Waals surface area contributed by atoms with Crippen molar-refractivity contribution < 1.29 is 0 Å². The molecule has 0 saturated carbocycles. The van der Waals surface area contributed by atoms with Gasteiger partial charge in [0.05, 0.1) is 17.1 Å². The van der Waals surface area contributed by atoms with Gasteiger partial charge >= 0.3 is 0 Å². The molecule has 0 radical (unpaired) electrons. The lowest BCUT2D eigenvalue weighted by Crippen LogP contribution is -2.01. The van der Waals surface area contributed by atoms with Crippen LogP contribution in [0.15, 0.2) is 12.3 Å². The van der Waals surface area contributed by atoms with E-state index >= 15 is 0 Å². The van der Waals surface area contributed by atoms with Crippen molar-refractivity contribution in [1.29, 1.82) is 0 Å². The van der Waals surface area contributed by atoms with E-state index in [1.165, 1.54) is 0 Å². The zero-order chi connectivity index (χ0) is 7.68. The fourth-order valence-electron chi connectivity index (χ4n) is 1.26. The van der Waals surface area contributed by atoms with Crippen LogP contribution in [0.1, 0.15) is 23.5 Å². The summed E-state index contributed by atoms with van der Waals surface area (Å²) in [4.78, 5) is 8.67. The lowest BCUT2D eigenvalue weighted by Gasteiger charge is -2.07. The van der Waals surface area contributed by atoms with Gasteiger partial charge in [-0.15, -0.1) is 0 Å². The van der Waals surface area contributed by atoms with Gasteiger partial charge in [-0.05, 0) is 25.8 Å². The second kappa shape index (κ2) is 2.46. The van der Waals surface area contributed by atoms with E-state index in [0.29, 0.717) is 0 Å². The normalized spacial score (nSPS) is 14.6. The molecule has 0 spiro atoms. The molecule has 1 heterocycles. The fraction of sp³-hybridized carbons (Fsp3) is 0.333. The number of aromatic nitrogens is 2. The monoisotopic (exact) mass is 146 g/mol. The Labute approximate surface area is 66.0 Å². The number of fused-ring (bicyclic) bond motifs is 1. The minimum absolute atomic E-state index is 0.996. The molecule has 1 aliphatic rings. The molecule has 56 valence electrons. The van der Waals surface area contributed by atoms with Gasteiger partial charge in [0.25, 0.3) is 0 Å². The SMILES string of the molecule is Cc1cnc2c(n1)C=CCC2. The Hall–Kier alpha value is -1.18. The van der Waals surface area contributed by atoms with Crippen molar-refractivity contribution >= 4 is 6.08 Å². The van der Waals surface area contributed by atoms with Crippen molar-refractivity contribution in [2.45, 2.75) is 19.8 Å². The van der Waals surface area contributed by atoms with E-state index in [9.17, 15) is 0 Å². The molecule has 0 fully saturated rings. The second-order valence-electron chi connectivity index (χ2n) is 2.78. The quantitative estimate of drug-likeness (QED) is 0.557. The molecule has 0 saturated heterocycles. The van der Waals surface area contributed by atoms with Crippen molar-refractivity contribution in [3.05, 3.63) is 29.4 Å². The highest BCUT2D eigenvalue weighted by Gasteiger charge is 2.05. The van der Waals surface area contributed by atoms with Crippen LogP contribution >= 0.6 is 0 Å². The molecule has 1 aliphatic carbocycles. The molecule has 0 unspecified atom stereocenters. The van der Waals surface area contributed by atoms with Crippen molar-refractivity contribution in [2.75, 3.05) is 0 Å². The fourth-order valence-corrected chi connectivity index (χ4v) is 1.26. The minimum Gasteiger partial charge on any atom is -0.257 e. The Morgan fingerprint density at radius 3 is 3.27 bits per heavy atom. The van der Waals surface area contributed by atoms with Crippen LogP contribution in [0.4, 0.5) is 0 Å². The second-order valence-corrected chi connectivity index (χ2v) is 2.78. The molecule has 0 N–H and O–H groups in total. The van der Waals surface area contributed by atoms with Crippen LogP contribution in [0, 0.1) is 6.92 Å². The molecule has 0 amide bonds. The van der Waals surface area contributed by atoms with Crippen molar-refractivity contribution in [1.82, 2.24) is 9.97 Å². The Morgan fingerprint density at radius 1 is 1.45 bits per heavy atom. The van der Waals surface area contributed by atoms with Gasteiger partial charge in [-0.2, -0.15) is 0 Å². The molecule has 2 nitrogen and oxygen atoms in total. The molecule has 0 aromatic carbocycles. The van der Waals surface area contributed by atoms with E-state index in [0.717, 1.165) is 29.9 Å². The molecule has 2 rings (SSSR count). The summed E-state index contributed by atoms with van der Waals surface area (Å²) in [5.41, 5.74) is 3.18. The van der Waals surface area contributed by atoms with E-state index in [4.69, 9.17) is 0 Å². The van der Waals surface area contributed by atoms with Crippen LogP contribution < -0.4 is 0 Å². The third-order valence-corrected chi connectivity index (χ3v) is 1.82. The summed E-state index contributed by atoms with van der Waals surface area (Å²) in [5.74, 6) is 0. The average molecular weight is 146 g/mol. The van der Waals surface area contributed by atoms with Gasteiger partial charge in [-0.25, -0.2) is 0 Å². The topological polar surface area (TPSA) is 25.8 Å². The summed E-state index contributed by atoms with van der Waals surface area (Å²) in [6.07, 6.45) is 8.18. The summed E-state index contributed by atoms with van der Waals surface area (Å²) in [7, 11) is 0. The van der Waals surface area contributed by atoms with E-state index in [1.807, 2.05) is 13.1 Å². The van der Waals surface area contributed by atoms with Gasteiger partial charge in [0, 0.05) is 6.20 Å². The number of allylic oxidation sites excluding steroid dienone is 1. The number of rotatable bonds is 0. The number of nitrogens with zero attached hydrogens (tertiary/aromatic N) is 2. The minimum atomic E-state index is 0.996. The van der Waals surface area contributed by atoms with Crippen LogP contribution in [-0.2, 0) is 6.42 Å². The molecule has 0 aliphatic heterocycles. The van der Waals surface area contributed by atoms with E-state index in [-0.39, 0.29) is 0 Å². The standard InChI is InChI=1S/C9H10N2/c1-7-6-10-8-4-2-3-5-9(8)11-7/h3,5-6H,2,4H2,1H3. The highest BCUT2D eigenvalue weighted by molar-refractivity contribution is 5.49. The van der Waals surface area contributed by atoms with E-state index < -0.39 is 0 Å². The first kappa shape index (κ1) is 6.53. The van der Waals surface area contributed by atoms with Gasteiger partial charge in [0.15, 0.2) is 0 Å². The molecule has 2 heteroatoms. The highest BCUT2D eigenvalue weighted by atomic mass is 14.8. The maximum Gasteiger partial charge on any atom is 0.0845 e. The van der Waals surface area contributed by atoms with Gasteiger partial charge in [0.1, 0.15) is 0 Å². The van der Waals surface area contributed by atoms with Gasteiger partial charge in [-0.1, -0.05) is 6.08 Å². The Bertz CT molecular complexity index is 302. The summed E-state index contributed by atoms with van der Waals surface area (Å²) >= 11 is 0. The Morgan fingerprint density at radius 2 is 2.36 bits per heavy atom. The number of hydrogen-bond acceptors (Lipinski definition) is 2. The molecule has 11 heavy (non-hydrogen) atoms. The van der Waals surface area contributed by atoms with E-state index in [2.05, 4.69) is 22.1 Å². The third kappa shape index (κ3) is 1.16. The van der Waals surface area contributed by atoms with Crippen molar-refractivity contribution in [3.63, 3.8) is 0 Å². The first-order valence-corrected chi connectivity index (χ1v) is 3.85. The average Bonchev–Trinajstić information content (AvgIpc) is 2.04. The number of aryl methyl sites for hydroxylation is 2. The van der Waals surface area contributed by atoms with Crippen LogP contribution in [0.3, 0.4) is 0 Å². The zero-order valence-corrected chi connectivity index (χ0v) is 6.54. The lowest BCUT2D eigenvalue weighted by molar-refractivity contribution is 0.891. The molecule has 0 bridgehead atoms. The van der Waals surface area contributed by atoms with Gasteiger partial charge in [0.2, 0.25) is 0 Å². The van der Waals surface area contributed by atoms with Crippen LogP contribution in [-0.4, -0.2) is 9.97 Å². The molecule has 0 atom stereocenters. The highest BCUT2D eigenvalue weighted by Crippen LogP contribution is 2.14. The smallest absolute Gasteiger partial charge is 0.0845 e. The maximum absolute atomic E-state index is 4.36. The Balaban J connectivity index is 2.54.